The van der Waals surface area contributed by atoms with Gasteiger partial charge in [-0.2, -0.15) is 0 Å². The normalized spacial score (nSPS) is 13.8. The Labute approximate surface area is 408 Å². The average molecular weight is 889 g/mol. The number of hydrogen-bond acceptors (Lipinski definition) is 2. The number of allylic oxidation sites excluding steroid dienone is 4. The minimum absolute atomic E-state index is 0.661. The summed E-state index contributed by atoms with van der Waals surface area (Å²) in [4.78, 5) is 4.96. The maximum absolute atomic E-state index is 2.55. The molecule has 0 unspecified atom stereocenters. The standard InChI is InChI=1S/C67H56N2/c1-43-7-19-49(20-8-43)51-23-35-59-60-36-24-52(50-21-9-44(2)10-22-50)40-64(60)67(63(59)39-51)65-41-57(68(53-25-11-45(3)12-26-53)54-27-13-46(4)14-28-54)33-37-61(65)62-38-34-58(42-66(62)67)69(55-29-15-47(5)16-30-55)56-31-17-48(6)18-32-56/h7-17,19-31,33-42H,18,32H2,1-6H3. The molecule has 2 nitrogen and oxygen atoms in total. The Morgan fingerprint density at radius 3 is 1.00 bits per heavy atom. The van der Waals surface area contributed by atoms with Gasteiger partial charge in [0.1, 0.15) is 0 Å². The van der Waals surface area contributed by atoms with Crippen LogP contribution < -0.4 is 9.80 Å². The van der Waals surface area contributed by atoms with E-state index in [0.29, 0.717) is 0 Å². The highest BCUT2D eigenvalue weighted by Crippen LogP contribution is 2.65. The summed E-state index contributed by atoms with van der Waals surface area (Å²) >= 11 is 0. The zero-order valence-corrected chi connectivity index (χ0v) is 40.4. The van der Waals surface area contributed by atoms with Crippen LogP contribution in [0.5, 0.6) is 0 Å². The highest BCUT2D eigenvalue weighted by Gasteiger charge is 2.52. The van der Waals surface area contributed by atoms with Crippen LogP contribution in [-0.4, -0.2) is 0 Å². The molecule has 334 valence electrons. The summed E-state index contributed by atoms with van der Waals surface area (Å²) in [5.74, 6) is 0. The molecule has 0 saturated carbocycles. The minimum atomic E-state index is -0.661. The molecule has 0 heterocycles. The van der Waals surface area contributed by atoms with E-state index in [2.05, 4.69) is 258 Å². The third kappa shape index (κ3) is 7.17. The van der Waals surface area contributed by atoms with Crippen molar-refractivity contribution in [1.82, 2.24) is 0 Å². The Bertz CT molecular complexity index is 3370. The summed E-state index contributed by atoms with van der Waals surface area (Å²) in [6.07, 6.45) is 6.67. The molecule has 0 saturated heterocycles. The molecule has 3 aliphatic rings. The van der Waals surface area contributed by atoms with Crippen molar-refractivity contribution in [3.05, 3.63) is 268 Å². The average Bonchev–Trinajstić information content (AvgIpc) is 3.82. The molecule has 69 heavy (non-hydrogen) atoms. The SMILES string of the molecule is CC1=CC=C(N(c2ccc(C)cc2)c2ccc3c(c2)C2(c4cc(-c5ccc(C)cc5)ccc4-c4ccc(-c5ccc(C)cc5)cc42)c2cc(N(c4ccc(C)cc4)c4ccc(C)cc4)ccc2-3)CC1. The van der Waals surface area contributed by atoms with Crippen molar-refractivity contribution in [1.29, 1.82) is 0 Å². The fourth-order valence-electron chi connectivity index (χ4n) is 11.3. The number of benzene rings is 9. The number of nitrogens with zero attached hydrogens (tertiary/aromatic N) is 2. The number of aryl methyl sites for hydroxylation is 5. The topological polar surface area (TPSA) is 6.48 Å². The molecule has 0 aliphatic heterocycles. The molecule has 1 spiro atoms. The van der Waals surface area contributed by atoms with Gasteiger partial charge in [-0.25, -0.2) is 0 Å². The predicted octanol–water partition coefficient (Wildman–Crippen LogP) is 18.1. The zero-order valence-electron chi connectivity index (χ0n) is 40.4. The molecular formula is C67H56N2. The number of anilines is 5. The zero-order chi connectivity index (χ0) is 47.0. The van der Waals surface area contributed by atoms with E-state index >= 15 is 0 Å². The molecule has 9 aromatic carbocycles. The lowest BCUT2D eigenvalue weighted by atomic mass is 9.69. The summed E-state index contributed by atoms with van der Waals surface area (Å²) in [6.45, 7) is 13.1. The quantitative estimate of drug-likeness (QED) is 0.150. The largest absolute Gasteiger partial charge is 0.314 e. The van der Waals surface area contributed by atoms with Crippen LogP contribution in [0.15, 0.2) is 218 Å². The second kappa shape index (κ2) is 16.7. The lowest BCUT2D eigenvalue weighted by Gasteiger charge is -2.34. The molecule has 0 radical (unpaired) electrons. The first-order chi connectivity index (χ1) is 33.6. The molecule has 0 fully saturated rings. The molecule has 0 bridgehead atoms. The number of rotatable bonds is 8. The van der Waals surface area contributed by atoms with Gasteiger partial charge in [-0.15, -0.1) is 0 Å². The summed E-state index contributed by atoms with van der Waals surface area (Å²) in [6, 6.07) is 74.2. The first-order valence-corrected chi connectivity index (χ1v) is 24.5. The highest BCUT2D eigenvalue weighted by molar-refractivity contribution is 5.99. The van der Waals surface area contributed by atoms with Crippen molar-refractivity contribution in [2.45, 2.75) is 59.8 Å². The highest BCUT2D eigenvalue weighted by atomic mass is 15.2. The van der Waals surface area contributed by atoms with Gasteiger partial charge in [0.05, 0.1) is 5.41 Å². The van der Waals surface area contributed by atoms with Gasteiger partial charge in [-0.3, -0.25) is 0 Å². The molecule has 12 rings (SSSR count). The van der Waals surface area contributed by atoms with Gasteiger partial charge < -0.3 is 9.80 Å². The molecule has 0 aromatic heterocycles. The second-order valence-electron chi connectivity index (χ2n) is 19.8. The molecule has 2 heteroatoms. The van der Waals surface area contributed by atoms with Crippen molar-refractivity contribution in [3.8, 4) is 44.5 Å². The number of hydrogen-bond donors (Lipinski definition) is 0. The van der Waals surface area contributed by atoms with Crippen molar-refractivity contribution in [2.75, 3.05) is 9.80 Å². The van der Waals surface area contributed by atoms with Crippen LogP contribution in [-0.2, 0) is 5.41 Å². The van der Waals surface area contributed by atoms with Crippen LogP contribution >= 0.6 is 0 Å². The first kappa shape index (κ1) is 42.4. The van der Waals surface area contributed by atoms with Crippen LogP contribution in [0, 0.1) is 34.6 Å². The van der Waals surface area contributed by atoms with Gasteiger partial charge in [-0.1, -0.05) is 161 Å². The van der Waals surface area contributed by atoms with Crippen LogP contribution in [0.25, 0.3) is 44.5 Å². The van der Waals surface area contributed by atoms with E-state index in [1.807, 2.05) is 0 Å². The van der Waals surface area contributed by atoms with Crippen LogP contribution in [0.3, 0.4) is 0 Å². The molecule has 0 amide bonds. The summed E-state index contributed by atoms with van der Waals surface area (Å²) in [5, 5.41) is 0. The Hall–Kier alpha value is -7.94. The second-order valence-corrected chi connectivity index (χ2v) is 19.8. The fraction of sp³-hybridized carbons (Fsp3) is 0.134. The van der Waals surface area contributed by atoms with E-state index in [1.165, 1.54) is 117 Å². The molecule has 0 atom stereocenters. The summed E-state index contributed by atoms with van der Waals surface area (Å²) in [7, 11) is 0. The maximum Gasteiger partial charge on any atom is 0.0727 e. The van der Waals surface area contributed by atoms with E-state index in [4.69, 9.17) is 0 Å². The molecule has 3 aliphatic carbocycles. The fourth-order valence-corrected chi connectivity index (χ4v) is 11.3. The maximum atomic E-state index is 2.55. The van der Waals surface area contributed by atoms with Crippen LogP contribution in [0.1, 0.15) is 69.8 Å². The van der Waals surface area contributed by atoms with Crippen LogP contribution in [0.2, 0.25) is 0 Å². The van der Waals surface area contributed by atoms with Gasteiger partial charge in [-0.05, 0) is 200 Å². The molecule has 9 aromatic rings. The Kier molecular flexibility index (Phi) is 10.3. The molecule has 0 N–H and O–H groups in total. The van der Waals surface area contributed by atoms with Crippen molar-refractivity contribution in [2.24, 2.45) is 0 Å². The van der Waals surface area contributed by atoms with Gasteiger partial charge in [0, 0.05) is 34.1 Å². The van der Waals surface area contributed by atoms with E-state index in [1.54, 1.807) is 0 Å². The minimum Gasteiger partial charge on any atom is -0.314 e. The monoisotopic (exact) mass is 888 g/mol. The van der Waals surface area contributed by atoms with Gasteiger partial charge in [0.2, 0.25) is 0 Å². The van der Waals surface area contributed by atoms with Crippen molar-refractivity contribution in [3.63, 3.8) is 0 Å². The van der Waals surface area contributed by atoms with Crippen LogP contribution in [0.4, 0.5) is 28.4 Å². The third-order valence-electron chi connectivity index (χ3n) is 15.0. The van der Waals surface area contributed by atoms with Gasteiger partial charge in [0.25, 0.3) is 0 Å². The summed E-state index contributed by atoms with van der Waals surface area (Å²) < 4.78 is 0. The van der Waals surface area contributed by atoms with Crippen molar-refractivity contribution >= 4 is 28.4 Å². The third-order valence-corrected chi connectivity index (χ3v) is 15.0. The number of fused-ring (bicyclic) bond motifs is 10. The van der Waals surface area contributed by atoms with E-state index in [9.17, 15) is 0 Å². The lowest BCUT2D eigenvalue weighted by molar-refractivity contribution is 0.793. The van der Waals surface area contributed by atoms with Gasteiger partial charge >= 0.3 is 0 Å². The van der Waals surface area contributed by atoms with E-state index in [0.717, 1.165) is 29.9 Å². The van der Waals surface area contributed by atoms with E-state index in [-0.39, 0.29) is 0 Å². The lowest BCUT2D eigenvalue weighted by Crippen LogP contribution is -2.27. The first-order valence-electron chi connectivity index (χ1n) is 24.5. The predicted molar refractivity (Wildman–Crippen MR) is 292 cm³/mol. The van der Waals surface area contributed by atoms with Gasteiger partial charge in [0.15, 0.2) is 0 Å². The Morgan fingerprint density at radius 1 is 0.290 bits per heavy atom. The molecular weight excluding hydrogens is 833 g/mol. The van der Waals surface area contributed by atoms with E-state index < -0.39 is 5.41 Å². The Balaban J connectivity index is 1.18. The Morgan fingerprint density at radius 2 is 0.609 bits per heavy atom. The summed E-state index contributed by atoms with van der Waals surface area (Å²) in [5.41, 5.74) is 29.3. The smallest absolute Gasteiger partial charge is 0.0727 e. The van der Waals surface area contributed by atoms with Crippen molar-refractivity contribution < 1.29 is 0 Å².